The lowest BCUT2D eigenvalue weighted by Crippen LogP contribution is -2.36. The number of halogens is 1. The number of aryl methyl sites for hydroxylation is 1. The van der Waals surface area contributed by atoms with Crippen molar-refractivity contribution in [1.29, 1.82) is 0 Å². The summed E-state index contributed by atoms with van der Waals surface area (Å²) in [7, 11) is 5.55. The van der Waals surface area contributed by atoms with Crippen LogP contribution in [0.25, 0.3) is 11.5 Å². The van der Waals surface area contributed by atoms with Crippen LogP contribution in [0.3, 0.4) is 0 Å². The standard InChI is InChI=1S/C23H28FN5O/c1-16-5-8-18(9-6-16)22-28-20(15-30-22)13-27-23(25-2)26-12-17-7-10-21(24)19(11-17)14-29(3)4/h5-11,15H,12-14H2,1-4H3,(H2,25,26,27). The van der Waals surface area contributed by atoms with Crippen LogP contribution in [0.2, 0.25) is 0 Å². The van der Waals surface area contributed by atoms with Gasteiger partial charge in [0.15, 0.2) is 5.96 Å². The number of benzene rings is 2. The van der Waals surface area contributed by atoms with Crippen LogP contribution in [0.1, 0.15) is 22.4 Å². The molecule has 0 aliphatic heterocycles. The van der Waals surface area contributed by atoms with E-state index >= 15 is 0 Å². The molecule has 0 bridgehead atoms. The highest BCUT2D eigenvalue weighted by molar-refractivity contribution is 5.79. The van der Waals surface area contributed by atoms with Crippen molar-refractivity contribution < 1.29 is 8.81 Å². The summed E-state index contributed by atoms with van der Waals surface area (Å²) >= 11 is 0. The number of hydrogen-bond acceptors (Lipinski definition) is 4. The lowest BCUT2D eigenvalue weighted by atomic mass is 10.1. The van der Waals surface area contributed by atoms with Crippen LogP contribution in [0, 0.1) is 12.7 Å². The average Bonchev–Trinajstić information content (AvgIpc) is 3.19. The normalized spacial score (nSPS) is 11.7. The molecule has 2 N–H and O–H groups in total. The number of nitrogens with zero attached hydrogens (tertiary/aromatic N) is 3. The fourth-order valence-electron chi connectivity index (χ4n) is 3.00. The topological polar surface area (TPSA) is 65.7 Å². The molecule has 7 heteroatoms. The van der Waals surface area contributed by atoms with E-state index in [4.69, 9.17) is 4.42 Å². The molecule has 0 atom stereocenters. The minimum absolute atomic E-state index is 0.189. The monoisotopic (exact) mass is 409 g/mol. The van der Waals surface area contributed by atoms with E-state index in [1.165, 1.54) is 11.6 Å². The van der Waals surface area contributed by atoms with E-state index in [2.05, 4.69) is 20.6 Å². The first kappa shape index (κ1) is 21.5. The van der Waals surface area contributed by atoms with Crippen LogP contribution in [-0.4, -0.2) is 37.0 Å². The minimum Gasteiger partial charge on any atom is -0.444 e. The van der Waals surface area contributed by atoms with Gasteiger partial charge in [0.1, 0.15) is 12.1 Å². The van der Waals surface area contributed by atoms with Crippen molar-refractivity contribution in [2.75, 3.05) is 21.1 Å². The van der Waals surface area contributed by atoms with Gasteiger partial charge in [0.2, 0.25) is 5.89 Å². The predicted molar refractivity (Wildman–Crippen MR) is 118 cm³/mol. The molecule has 0 saturated heterocycles. The van der Waals surface area contributed by atoms with Gasteiger partial charge >= 0.3 is 0 Å². The van der Waals surface area contributed by atoms with E-state index in [-0.39, 0.29) is 5.82 Å². The molecular weight excluding hydrogens is 381 g/mol. The Morgan fingerprint density at radius 3 is 2.53 bits per heavy atom. The highest BCUT2D eigenvalue weighted by atomic mass is 19.1. The molecule has 0 aliphatic rings. The smallest absolute Gasteiger partial charge is 0.226 e. The summed E-state index contributed by atoms with van der Waals surface area (Å²) in [4.78, 5) is 10.7. The number of oxazole rings is 1. The van der Waals surface area contributed by atoms with Gasteiger partial charge in [-0.25, -0.2) is 9.37 Å². The highest BCUT2D eigenvalue weighted by Gasteiger charge is 2.08. The molecule has 2 aromatic carbocycles. The van der Waals surface area contributed by atoms with Crippen molar-refractivity contribution in [3.8, 4) is 11.5 Å². The maximum absolute atomic E-state index is 13.9. The van der Waals surface area contributed by atoms with Crippen LogP contribution in [0.4, 0.5) is 4.39 Å². The third kappa shape index (κ3) is 5.90. The van der Waals surface area contributed by atoms with E-state index < -0.39 is 0 Å². The zero-order chi connectivity index (χ0) is 21.5. The van der Waals surface area contributed by atoms with Crippen molar-refractivity contribution in [2.45, 2.75) is 26.6 Å². The lowest BCUT2D eigenvalue weighted by molar-refractivity contribution is 0.392. The van der Waals surface area contributed by atoms with Crippen molar-refractivity contribution in [3.05, 3.63) is 76.9 Å². The summed E-state index contributed by atoms with van der Waals surface area (Å²) in [6.07, 6.45) is 1.64. The van der Waals surface area contributed by atoms with E-state index in [9.17, 15) is 4.39 Å². The molecule has 158 valence electrons. The van der Waals surface area contributed by atoms with Crippen LogP contribution in [-0.2, 0) is 19.6 Å². The van der Waals surface area contributed by atoms with Gasteiger partial charge in [-0.15, -0.1) is 0 Å². The molecule has 0 saturated carbocycles. The van der Waals surface area contributed by atoms with Gasteiger partial charge in [0.05, 0.1) is 12.2 Å². The molecule has 6 nitrogen and oxygen atoms in total. The summed E-state index contributed by atoms with van der Waals surface area (Å²) in [6, 6.07) is 13.2. The summed E-state index contributed by atoms with van der Waals surface area (Å²) < 4.78 is 19.5. The van der Waals surface area contributed by atoms with Crippen LogP contribution in [0.5, 0.6) is 0 Å². The molecule has 3 aromatic rings. The van der Waals surface area contributed by atoms with Crippen LogP contribution in [0.15, 0.2) is 58.1 Å². The number of nitrogens with one attached hydrogen (secondary N) is 2. The maximum atomic E-state index is 13.9. The molecule has 0 spiro atoms. The van der Waals surface area contributed by atoms with Gasteiger partial charge in [0, 0.05) is 31.3 Å². The number of hydrogen-bond donors (Lipinski definition) is 2. The SMILES string of the molecule is CN=C(NCc1ccc(F)c(CN(C)C)c1)NCc1coc(-c2ccc(C)cc2)n1. The molecule has 0 fully saturated rings. The van der Waals surface area contributed by atoms with Gasteiger partial charge < -0.3 is 20.0 Å². The quantitative estimate of drug-likeness (QED) is 0.460. The van der Waals surface area contributed by atoms with Gasteiger partial charge in [-0.3, -0.25) is 4.99 Å². The second-order valence-corrected chi connectivity index (χ2v) is 7.45. The fourth-order valence-corrected chi connectivity index (χ4v) is 3.00. The van der Waals surface area contributed by atoms with Crippen molar-refractivity contribution in [1.82, 2.24) is 20.5 Å². The first-order valence-corrected chi connectivity index (χ1v) is 9.82. The maximum Gasteiger partial charge on any atom is 0.226 e. The fraction of sp³-hybridized carbons (Fsp3) is 0.304. The van der Waals surface area contributed by atoms with Crippen molar-refractivity contribution in [2.24, 2.45) is 4.99 Å². The average molecular weight is 410 g/mol. The Bertz CT molecular complexity index is 995. The first-order valence-electron chi connectivity index (χ1n) is 9.82. The number of rotatable bonds is 7. The van der Waals surface area contributed by atoms with E-state index in [0.717, 1.165) is 16.8 Å². The summed E-state index contributed by atoms with van der Waals surface area (Å²) in [5.74, 6) is 1.04. The van der Waals surface area contributed by atoms with Crippen molar-refractivity contribution >= 4 is 5.96 Å². The Morgan fingerprint density at radius 1 is 1.10 bits per heavy atom. The van der Waals surface area contributed by atoms with Crippen LogP contribution >= 0.6 is 0 Å². The molecule has 30 heavy (non-hydrogen) atoms. The number of aliphatic imine (C=N–C) groups is 1. The first-order chi connectivity index (χ1) is 14.4. The molecule has 1 heterocycles. The number of aromatic nitrogens is 1. The van der Waals surface area contributed by atoms with Gasteiger partial charge in [-0.2, -0.15) is 0 Å². The van der Waals surface area contributed by atoms with Gasteiger partial charge in [-0.05, 0) is 50.8 Å². The predicted octanol–water partition coefficient (Wildman–Crippen LogP) is 3.72. The molecule has 0 unspecified atom stereocenters. The Hall–Kier alpha value is -3.19. The Labute approximate surface area is 176 Å². The van der Waals surface area contributed by atoms with E-state index in [1.807, 2.05) is 56.3 Å². The number of guanidine groups is 1. The molecule has 0 amide bonds. The molecular formula is C23H28FN5O. The molecule has 0 radical (unpaired) electrons. The molecule has 0 aliphatic carbocycles. The Balaban J connectivity index is 1.55. The summed E-state index contributed by atoms with van der Waals surface area (Å²) in [6.45, 7) is 3.61. The van der Waals surface area contributed by atoms with Gasteiger partial charge in [-0.1, -0.05) is 23.8 Å². The minimum atomic E-state index is -0.189. The lowest BCUT2D eigenvalue weighted by Gasteiger charge is -2.14. The molecule has 1 aromatic heterocycles. The highest BCUT2D eigenvalue weighted by Crippen LogP contribution is 2.19. The second kappa shape index (κ2) is 10.0. The van der Waals surface area contributed by atoms with E-state index in [0.29, 0.717) is 37.0 Å². The van der Waals surface area contributed by atoms with E-state index in [1.54, 1.807) is 19.4 Å². The van der Waals surface area contributed by atoms with Crippen molar-refractivity contribution in [3.63, 3.8) is 0 Å². The summed E-state index contributed by atoms with van der Waals surface area (Å²) in [5, 5.41) is 6.47. The Kier molecular flexibility index (Phi) is 7.19. The van der Waals surface area contributed by atoms with Crippen LogP contribution < -0.4 is 10.6 Å². The Morgan fingerprint density at radius 2 is 1.83 bits per heavy atom. The zero-order valence-corrected chi connectivity index (χ0v) is 17.9. The second-order valence-electron chi connectivity index (χ2n) is 7.45. The molecule has 3 rings (SSSR count). The van der Waals surface area contributed by atoms with Gasteiger partial charge in [0.25, 0.3) is 0 Å². The summed E-state index contributed by atoms with van der Waals surface area (Å²) in [5.41, 5.74) is 4.58. The third-order valence-corrected chi connectivity index (χ3v) is 4.57. The zero-order valence-electron chi connectivity index (χ0n) is 17.9. The largest absolute Gasteiger partial charge is 0.444 e. The third-order valence-electron chi connectivity index (χ3n) is 4.57.